The van der Waals surface area contributed by atoms with Gasteiger partial charge in [-0.2, -0.15) is 35.1 Å². The van der Waals surface area contributed by atoms with Crippen molar-refractivity contribution in [1.82, 2.24) is 0 Å². The van der Waals surface area contributed by atoms with E-state index in [1.807, 2.05) is 0 Å². The van der Waals surface area contributed by atoms with Crippen molar-refractivity contribution in [2.24, 2.45) is 0 Å². The fraction of sp³-hybridized carbons (Fsp3) is 1.00. The molecule has 2 atom stereocenters. The fourth-order valence-corrected chi connectivity index (χ4v) is 0.954. The molecule has 0 heterocycles. The molecule has 0 rings (SSSR count). The van der Waals surface area contributed by atoms with Crippen LogP contribution in [0.2, 0.25) is 0 Å². The lowest BCUT2D eigenvalue weighted by Gasteiger charge is -2.32. The van der Waals surface area contributed by atoms with Gasteiger partial charge in [0, 0.05) is 0 Å². The molecular formula is C8H4F14O. The van der Waals surface area contributed by atoms with Crippen LogP contribution >= 0.6 is 0 Å². The molecule has 0 bridgehead atoms. The van der Waals surface area contributed by atoms with Crippen LogP contribution in [0.4, 0.5) is 61.5 Å². The molecule has 2 unspecified atom stereocenters. The molecule has 0 aromatic heterocycles. The molecule has 0 saturated heterocycles. The highest BCUT2D eigenvalue weighted by Crippen LogP contribution is 2.45. The molecule has 0 saturated carbocycles. The summed E-state index contributed by atoms with van der Waals surface area (Å²) in [5.74, 6) is -12.6. The van der Waals surface area contributed by atoms with Crippen LogP contribution in [0.3, 0.4) is 0 Å². The number of hydrogen-bond acceptors (Lipinski definition) is 1. The molecule has 1 nitrogen and oxygen atoms in total. The van der Waals surface area contributed by atoms with Gasteiger partial charge in [-0.05, 0) is 0 Å². The summed E-state index contributed by atoms with van der Waals surface area (Å²) < 4.78 is 173. The van der Waals surface area contributed by atoms with Gasteiger partial charge in [-0.25, -0.2) is 26.3 Å². The molecule has 15 heteroatoms. The highest BCUT2D eigenvalue weighted by Gasteiger charge is 2.69. The Morgan fingerprint density at radius 2 is 0.696 bits per heavy atom. The van der Waals surface area contributed by atoms with Crippen LogP contribution in [-0.4, -0.2) is 49.3 Å². The predicted octanol–water partition coefficient (Wildman–Crippen LogP) is 4.67. The van der Waals surface area contributed by atoms with Crippen LogP contribution in [0.25, 0.3) is 0 Å². The number of alkyl halides is 14. The van der Waals surface area contributed by atoms with Crippen molar-refractivity contribution in [2.45, 2.75) is 49.3 Å². The molecule has 0 aliphatic carbocycles. The largest absolute Gasteiger partial charge is 0.397 e. The Morgan fingerprint density at radius 1 is 0.478 bits per heavy atom. The van der Waals surface area contributed by atoms with Crippen molar-refractivity contribution in [3.05, 3.63) is 0 Å². The number of rotatable bonds is 8. The molecule has 0 aliphatic heterocycles. The summed E-state index contributed by atoms with van der Waals surface area (Å²) in [6.45, 7) is 0. The summed E-state index contributed by atoms with van der Waals surface area (Å²) in [5.41, 5.74) is 0. The van der Waals surface area contributed by atoms with Gasteiger partial charge in [-0.15, -0.1) is 0 Å². The maximum Gasteiger partial charge on any atom is 0.397 e. The van der Waals surface area contributed by atoms with E-state index >= 15 is 0 Å². The first-order valence-electron chi connectivity index (χ1n) is 4.96. The Bertz CT molecular complexity index is 356. The molecule has 0 spiro atoms. The second kappa shape index (κ2) is 6.47. The molecule has 0 radical (unpaired) electrons. The van der Waals surface area contributed by atoms with E-state index in [1.54, 1.807) is 4.74 Å². The minimum Gasteiger partial charge on any atom is -0.250 e. The Labute approximate surface area is 117 Å². The van der Waals surface area contributed by atoms with Crippen LogP contribution in [0, 0.1) is 0 Å². The van der Waals surface area contributed by atoms with E-state index in [0.29, 0.717) is 0 Å². The van der Waals surface area contributed by atoms with Gasteiger partial charge in [0.1, 0.15) is 0 Å². The third kappa shape index (κ3) is 4.50. The van der Waals surface area contributed by atoms with E-state index in [-0.39, 0.29) is 0 Å². The monoisotopic (exact) mass is 382 g/mol. The number of ether oxygens (including phenoxy) is 1. The highest BCUT2D eigenvalue weighted by atomic mass is 19.3. The SMILES string of the molecule is FC(F)C(F)(F)C(F)C(F)(F)OC(F)(F)C(F)C(F)(F)C(F)F. The third-order valence-corrected chi connectivity index (χ3v) is 2.12. The second-order valence-electron chi connectivity index (χ2n) is 3.90. The van der Waals surface area contributed by atoms with E-state index in [0.717, 1.165) is 0 Å². The molecule has 0 amide bonds. The molecular weight excluding hydrogens is 378 g/mol. The normalized spacial score (nSPS) is 17.7. The Balaban J connectivity index is 5.43. The lowest BCUT2D eigenvalue weighted by atomic mass is 10.2. The summed E-state index contributed by atoms with van der Waals surface area (Å²) in [5, 5.41) is 0. The number of halogens is 14. The van der Waals surface area contributed by atoms with E-state index in [1.165, 1.54) is 0 Å². The third-order valence-electron chi connectivity index (χ3n) is 2.12. The zero-order valence-corrected chi connectivity index (χ0v) is 10.0. The van der Waals surface area contributed by atoms with Gasteiger partial charge >= 0.3 is 36.9 Å². The van der Waals surface area contributed by atoms with E-state index < -0.39 is 49.3 Å². The average molecular weight is 382 g/mol. The van der Waals surface area contributed by atoms with Crippen molar-refractivity contribution in [2.75, 3.05) is 0 Å². The minimum atomic E-state index is -6.62. The average Bonchev–Trinajstić information content (AvgIpc) is 2.34. The van der Waals surface area contributed by atoms with E-state index in [9.17, 15) is 61.5 Å². The second-order valence-corrected chi connectivity index (χ2v) is 3.90. The Hall–Kier alpha value is -1.02. The Morgan fingerprint density at radius 3 is 0.870 bits per heavy atom. The van der Waals surface area contributed by atoms with Gasteiger partial charge in [-0.1, -0.05) is 0 Å². The summed E-state index contributed by atoms with van der Waals surface area (Å²) >= 11 is 0. The topological polar surface area (TPSA) is 9.23 Å². The molecule has 0 aromatic rings. The summed E-state index contributed by atoms with van der Waals surface area (Å²) in [7, 11) is 0. The first-order chi connectivity index (χ1) is 9.90. The van der Waals surface area contributed by atoms with Gasteiger partial charge in [-0.3, -0.25) is 4.74 Å². The van der Waals surface area contributed by atoms with Crippen molar-refractivity contribution in [1.29, 1.82) is 0 Å². The standard InChI is InChI=1S/C8H4F14O/c9-1(5(15,16)3(11)12)7(19,20)23-8(21,22)2(10)6(17,18)4(13)14/h1-4H. The summed E-state index contributed by atoms with van der Waals surface area (Å²) in [6.07, 6.45) is -34.6. The van der Waals surface area contributed by atoms with Crippen LogP contribution in [-0.2, 0) is 4.74 Å². The first-order valence-corrected chi connectivity index (χ1v) is 4.96. The predicted molar refractivity (Wildman–Crippen MR) is 42.7 cm³/mol. The molecule has 140 valence electrons. The number of hydrogen-bond donors (Lipinski definition) is 0. The van der Waals surface area contributed by atoms with Crippen molar-refractivity contribution in [3.63, 3.8) is 0 Å². The van der Waals surface area contributed by atoms with Crippen molar-refractivity contribution < 1.29 is 66.2 Å². The molecule has 0 aliphatic rings. The van der Waals surface area contributed by atoms with Crippen molar-refractivity contribution >= 4 is 0 Å². The smallest absolute Gasteiger partial charge is 0.250 e. The van der Waals surface area contributed by atoms with Gasteiger partial charge in [0.2, 0.25) is 0 Å². The quantitative estimate of drug-likeness (QED) is 0.555. The maximum absolute atomic E-state index is 12.6. The summed E-state index contributed by atoms with van der Waals surface area (Å²) in [4.78, 5) is 0. The molecule has 0 fully saturated rings. The lowest BCUT2D eigenvalue weighted by molar-refractivity contribution is -0.436. The molecule has 23 heavy (non-hydrogen) atoms. The van der Waals surface area contributed by atoms with Crippen molar-refractivity contribution in [3.8, 4) is 0 Å². The fourth-order valence-electron chi connectivity index (χ4n) is 0.954. The zero-order chi connectivity index (χ0) is 19.0. The minimum absolute atomic E-state index is 1.78. The van der Waals surface area contributed by atoms with Gasteiger partial charge in [0.15, 0.2) is 0 Å². The van der Waals surface area contributed by atoms with Crippen LogP contribution in [0.5, 0.6) is 0 Å². The first kappa shape index (κ1) is 22.0. The Kier molecular flexibility index (Phi) is 6.18. The van der Waals surface area contributed by atoms with Crippen LogP contribution in [0.15, 0.2) is 0 Å². The molecule has 0 aromatic carbocycles. The van der Waals surface area contributed by atoms with Gasteiger partial charge in [0.05, 0.1) is 0 Å². The summed E-state index contributed by atoms with van der Waals surface area (Å²) in [6, 6.07) is 0. The lowest BCUT2D eigenvalue weighted by Crippen LogP contribution is -2.57. The van der Waals surface area contributed by atoms with Gasteiger partial charge < -0.3 is 0 Å². The zero-order valence-electron chi connectivity index (χ0n) is 10.0. The molecule has 0 N–H and O–H groups in total. The van der Waals surface area contributed by atoms with Crippen LogP contribution < -0.4 is 0 Å². The van der Waals surface area contributed by atoms with Crippen LogP contribution in [0.1, 0.15) is 0 Å². The highest BCUT2D eigenvalue weighted by molar-refractivity contribution is 4.90. The van der Waals surface area contributed by atoms with Gasteiger partial charge in [0.25, 0.3) is 12.3 Å². The maximum atomic E-state index is 12.6. The van der Waals surface area contributed by atoms with E-state index in [4.69, 9.17) is 0 Å². The van der Waals surface area contributed by atoms with E-state index in [2.05, 4.69) is 0 Å².